The van der Waals surface area contributed by atoms with Crippen molar-refractivity contribution < 1.29 is 14.7 Å². The van der Waals surface area contributed by atoms with Gasteiger partial charge in [-0.1, -0.05) is 27.7 Å². The standard InChI is InChI=1S/C12H21NO3/c1-8-7-9(14)5-6-13(11(15)16)10(8)12(2,3)4/h8,10H,5-7H2,1-4H3,(H,15,16). The Hall–Kier alpha value is -1.06. The number of rotatable bonds is 0. The summed E-state index contributed by atoms with van der Waals surface area (Å²) in [6.07, 6.45) is -0.0731. The minimum absolute atomic E-state index is 0.0866. The molecule has 0 spiro atoms. The van der Waals surface area contributed by atoms with Gasteiger partial charge in [0.1, 0.15) is 5.78 Å². The lowest BCUT2D eigenvalue weighted by molar-refractivity contribution is -0.119. The molecule has 16 heavy (non-hydrogen) atoms. The van der Waals surface area contributed by atoms with Gasteiger partial charge in [-0.05, 0) is 11.3 Å². The third kappa shape index (κ3) is 2.74. The van der Waals surface area contributed by atoms with E-state index in [9.17, 15) is 14.7 Å². The normalized spacial score (nSPS) is 27.8. The van der Waals surface area contributed by atoms with E-state index in [4.69, 9.17) is 0 Å². The molecule has 1 N–H and O–H groups in total. The van der Waals surface area contributed by atoms with Gasteiger partial charge >= 0.3 is 6.09 Å². The Balaban J connectivity index is 3.03. The second-order valence-electron chi connectivity index (χ2n) is 5.76. The Morgan fingerprint density at radius 3 is 2.44 bits per heavy atom. The number of carbonyl (C=O) groups excluding carboxylic acids is 1. The Labute approximate surface area is 96.6 Å². The predicted octanol–water partition coefficient (Wildman–Crippen LogP) is 2.38. The van der Waals surface area contributed by atoms with Crippen molar-refractivity contribution in [2.75, 3.05) is 6.54 Å². The fourth-order valence-electron chi connectivity index (χ4n) is 2.80. The van der Waals surface area contributed by atoms with Gasteiger partial charge in [-0.25, -0.2) is 4.79 Å². The van der Waals surface area contributed by atoms with Gasteiger partial charge in [0.2, 0.25) is 0 Å². The number of amides is 1. The van der Waals surface area contributed by atoms with Gasteiger partial charge < -0.3 is 10.0 Å². The van der Waals surface area contributed by atoms with Crippen LogP contribution in [0.5, 0.6) is 0 Å². The van der Waals surface area contributed by atoms with Crippen LogP contribution in [0.4, 0.5) is 4.79 Å². The third-order valence-electron chi connectivity index (χ3n) is 3.19. The van der Waals surface area contributed by atoms with Gasteiger partial charge in [0, 0.05) is 25.4 Å². The molecule has 2 atom stereocenters. The van der Waals surface area contributed by atoms with E-state index in [1.165, 1.54) is 4.90 Å². The highest BCUT2D eigenvalue weighted by atomic mass is 16.4. The van der Waals surface area contributed by atoms with Crippen LogP contribution < -0.4 is 0 Å². The van der Waals surface area contributed by atoms with Gasteiger partial charge in [0.05, 0.1) is 0 Å². The first-order valence-electron chi connectivity index (χ1n) is 5.74. The highest BCUT2D eigenvalue weighted by Crippen LogP contribution is 2.34. The van der Waals surface area contributed by atoms with E-state index < -0.39 is 6.09 Å². The van der Waals surface area contributed by atoms with E-state index in [2.05, 4.69) is 0 Å². The van der Waals surface area contributed by atoms with E-state index in [1.807, 2.05) is 27.7 Å². The number of nitrogens with zero attached hydrogens (tertiary/aromatic N) is 1. The van der Waals surface area contributed by atoms with Gasteiger partial charge in [-0.15, -0.1) is 0 Å². The minimum Gasteiger partial charge on any atom is -0.465 e. The predicted molar refractivity (Wildman–Crippen MR) is 61.4 cm³/mol. The maximum absolute atomic E-state index is 11.5. The number of carbonyl (C=O) groups is 2. The summed E-state index contributed by atoms with van der Waals surface area (Å²) in [7, 11) is 0. The molecule has 1 heterocycles. The van der Waals surface area contributed by atoms with Crippen molar-refractivity contribution in [2.24, 2.45) is 11.3 Å². The van der Waals surface area contributed by atoms with E-state index >= 15 is 0 Å². The zero-order valence-corrected chi connectivity index (χ0v) is 10.5. The van der Waals surface area contributed by atoms with Crippen molar-refractivity contribution >= 4 is 11.9 Å². The summed E-state index contributed by atoms with van der Waals surface area (Å²) < 4.78 is 0. The van der Waals surface area contributed by atoms with Crippen LogP contribution in [0.1, 0.15) is 40.5 Å². The van der Waals surface area contributed by atoms with Crippen LogP contribution in [0.25, 0.3) is 0 Å². The summed E-state index contributed by atoms with van der Waals surface area (Å²) in [6, 6.07) is -0.0866. The van der Waals surface area contributed by atoms with Gasteiger partial charge in [-0.3, -0.25) is 4.79 Å². The average molecular weight is 227 g/mol. The Bertz CT molecular complexity index is 293. The van der Waals surface area contributed by atoms with E-state index in [-0.39, 0.29) is 23.2 Å². The molecule has 1 aliphatic rings. The van der Waals surface area contributed by atoms with Crippen LogP contribution in [0.15, 0.2) is 0 Å². The first-order chi connectivity index (χ1) is 7.23. The van der Waals surface area contributed by atoms with Gasteiger partial charge in [0.15, 0.2) is 0 Å². The summed E-state index contributed by atoms with van der Waals surface area (Å²) in [5, 5.41) is 9.22. The lowest BCUT2D eigenvalue weighted by Gasteiger charge is -2.40. The molecule has 1 rings (SSSR count). The summed E-state index contributed by atoms with van der Waals surface area (Å²) in [4.78, 5) is 24.2. The molecule has 0 aliphatic carbocycles. The van der Waals surface area contributed by atoms with E-state index in [0.29, 0.717) is 19.4 Å². The van der Waals surface area contributed by atoms with Crippen molar-refractivity contribution in [3.63, 3.8) is 0 Å². The minimum atomic E-state index is -0.915. The largest absolute Gasteiger partial charge is 0.465 e. The second-order valence-corrected chi connectivity index (χ2v) is 5.76. The maximum Gasteiger partial charge on any atom is 0.407 e. The monoisotopic (exact) mass is 227 g/mol. The zero-order chi connectivity index (χ0) is 12.5. The topological polar surface area (TPSA) is 57.6 Å². The highest BCUT2D eigenvalue weighted by Gasteiger charge is 2.39. The summed E-state index contributed by atoms with van der Waals surface area (Å²) >= 11 is 0. The Morgan fingerprint density at radius 1 is 1.44 bits per heavy atom. The summed E-state index contributed by atoms with van der Waals surface area (Å²) in [5.41, 5.74) is -0.136. The molecule has 2 unspecified atom stereocenters. The first-order valence-corrected chi connectivity index (χ1v) is 5.74. The number of hydrogen-bond donors (Lipinski definition) is 1. The molecule has 92 valence electrons. The lowest BCUT2D eigenvalue weighted by atomic mass is 9.77. The Morgan fingerprint density at radius 2 is 2.00 bits per heavy atom. The third-order valence-corrected chi connectivity index (χ3v) is 3.19. The van der Waals surface area contributed by atoms with Crippen LogP contribution in [-0.4, -0.2) is 34.5 Å². The highest BCUT2D eigenvalue weighted by molar-refractivity contribution is 5.80. The van der Waals surface area contributed by atoms with Crippen molar-refractivity contribution in [3.8, 4) is 0 Å². The maximum atomic E-state index is 11.5. The molecule has 0 aromatic carbocycles. The summed E-state index contributed by atoms with van der Waals surface area (Å²) in [6.45, 7) is 8.38. The smallest absolute Gasteiger partial charge is 0.407 e. The van der Waals surface area contributed by atoms with Crippen molar-refractivity contribution in [2.45, 2.75) is 46.6 Å². The molecule has 0 aromatic heterocycles. The fraction of sp³-hybridized carbons (Fsp3) is 0.833. The zero-order valence-electron chi connectivity index (χ0n) is 10.5. The van der Waals surface area contributed by atoms with Crippen molar-refractivity contribution in [1.29, 1.82) is 0 Å². The molecule has 1 aliphatic heterocycles. The Kier molecular flexibility index (Phi) is 3.61. The lowest BCUT2D eigenvalue weighted by Crippen LogP contribution is -2.49. The number of Topliss-reactive ketones (excluding diaryl/α,β-unsaturated/α-hetero) is 1. The molecular weight excluding hydrogens is 206 g/mol. The molecule has 0 radical (unpaired) electrons. The molecule has 1 amide bonds. The quantitative estimate of drug-likeness (QED) is 0.691. The molecule has 4 nitrogen and oxygen atoms in total. The number of likely N-dealkylation sites (tertiary alicyclic amines) is 1. The van der Waals surface area contributed by atoms with Crippen LogP contribution in [0, 0.1) is 11.3 Å². The number of hydrogen-bond acceptors (Lipinski definition) is 2. The van der Waals surface area contributed by atoms with Crippen LogP contribution in [0.2, 0.25) is 0 Å². The molecule has 1 saturated heterocycles. The number of carboxylic acid groups (broad SMARTS) is 1. The SMILES string of the molecule is CC1CC(=O)CCN(C(=O)O)C1C(C)(C)C. The average Bonchev–Trinajstić information content (AvgIpc) is 2.22. The van der Waals surface area contributed by atoms with Gasteiger partial charge in [0.25, 0.3) is 0 Å². The molecule has 0 bridgehead atoms. The van der Waals surface area contributed by atoms with E-state index in [1.54, 1.807) is 0 Å². The first kappa shape index (κ1) is 13.0. The second kappa shape index (κ2) is 4.44. The fourth-order valence-corrected chi connectivity index (χ4v) is 2.80. The molecule has 0 saturated carbocycles. The summed E-state index contributed by atoms with van der Waals surface area (Å²) in [5.74, 6) is 0.261. The molecule has 0 aromatic rings. The van der Waals surface area contributed by atoms with Crippen LogP contribution in [0.3, 0.4) is 0 Å². The van der Waals surface area contributed by atoms with E-state index in [0.717, 1.165) is 0 Å². The van der Waals surface area contributed by atoms with Gasteiger partial charge in [-0.2, -0.15) is 0 Å². The van der Waals surface area contributed by atoms with Crippen molar-refractivity contribution in [1.82, 2.24) is 4.90 Å². The van der Waals surface area contributed by atoms with Crippen molar-refractivity contribution in [3.05, 3.63) is 0 Å². The van der Waals surface area contributed by atoms with Crippen LogP contribution >= 0.6 is 0 Å². The molecule has 1 fully saturated rings. The van der Waals surface area contributed by atoms with Crippen LogP contribution in [-0.2, 0) is 4.79 Å². The molecular formula is C12H21NO3. The number of ketones is 1. The molecule has 4 heteroatoms.